The van der Waals surface area contributed by atoms with Crippen molar-refractivity contribution in [3.8, 4) is 0 Å². The van der Waals surface area contributed by atoms with Crippen molar-refractivity contribution in [2.75, 3.05) is 13.2 Å². The molecule has 0 spiro atoms. The fourth-order valence-electron chi connectivity index (χ4n) is 6.93. The van der Waals surface area contributed by atoms with E-state index in [1.54, 1.807) is 0 Å². The molecule has 0 radical (unpaired) electrons. The topological polar surface area (TPSA) is 18.5 Å². The van der Waals surface area contributed by atoms with Crippen LogP contribution in [0.2, 0.25) is 10.1 Å². The first-order valence-corrected chi connectivity index (χ1v) is 11.3. The Kier molecular flexibility index (Phi) is 3.55. The van der Waals surface area contributed by atoms with Gasteiger partial charge in [-0.1, -0.05) is 25.7 Å². The summed E-state index contributed by atoms with van der Waals surface area (Å²) in [6.45, 7) is 6.14. The molecule has 2 nitrogen and oxygen atoms in total. The Labute approximate surface area is 131 Å². The van der Waals surface area contributed by atoms with Gasteiger partial charge in [0.2, 0.25) is 0 Å². The van der Waals surface area contributed by atoms with Gasteiger partial charge < -0.3 is 8.85 Å². The molecule has 4 rings (SSSR count). The highest BCUT2D eigenvalue weighted by Crippen LogP contribution is 2.76. The average Bonchev–Trinajstić information content (AvgIpc) is 3.27. The van der Waals surface area contributed by atoms with Crippen LogP contribution in [0.5, 0.6) is 0 Å². The Bertz CT molecular complexity index is 354. The maximum atomic E-state index is 6.80. The van der Waals surface area contributed by atoms with E-state index in [4.69, 9.17) is 8.85 Å². The summed E-state index contributed by atoms with van der Waals surface area (Å²) < 4.78 is 13.6. The molecule has 4 aliphatic rings. The zero-order chi connectivity index (χ0) is 14.6. The first kappa shape index (κ1) is 14.7. The van der Waals surface area contributed by atoms with Gasteiger partial charge in [0.05, 0.1) is 0 Å². The van der Waals surface area contributed by atoms with E-state index in [1.807, 2.05) is 0 Å². The van der Waals surface area contributed by atoms with E-state index in [1.165, 1.54) is 64.2 Å². The van der Waals surface area contributed by atoms with E-state index in [0.29, 0.717) is 10.1 Å². The Balaban J connectivity index is 1.77. The monoisotopic (exact) mass is 308 g/mol. The molecule has 4 aliphatic carbocycles. The number of rotatable bonds is 6. The van der Waals surface area contributed by atoms with Gasteiger partial charge in [-0.05, 0) is 64.2 Å². The number of hydrogen-bond donors (Lipinski definition) is 0. The van der Waals surface area contributed by atoms with Gasteiger partial charge in [-0.3, -0.25) is 0 Å². The summed E-state index contributed by atoms with van der Waals surface area (Å²) in [4.78, 5) is 0. The lowest BCUT2D eigenvalue weighted by molar-refractivity contribution is 0.119. The van der Waals surface area contributed by atoms with Crippen LogP contribution in [-0.4, -0.2) is 21.8 Å². The summed E-state index contributed by atoms with van der Waals surface area (Å²) in [5.74, 6) is 1.99. The highest BCUT2D eigenvalue weighted by Gasteiger charge is 2.73. The quantitative estimate of drug-likeness (QED) is 0.630. The summed E-state index contributed by atoms with van der Waals surface area (Å²) in [5, 5.41) is 0.950. The predicted molar refractivity (Wildman–Crippen MR) is 87.5 cm³/mol. The van der Waals surface area contributed by atoms with Gasteiger partial charge in [-0.2, -0.15) is 0 Å². The van der Waals surface area contributed by atoms with Crippen LogP contribution in [0.1, 0.15) is 78.1 Å². The normalized spacial score (nSPS) is 44.9. The van der Waals surface area contributed by atoms with Gasteiger partial charge >= 0.3 is 8.56 Å². The number of fused-ring (bicyclic) bond motifs is 4. The molecule has 0 unspecified atom stereocenters. The lowest BCUT2D eigenvalue weighted by atomic mass is 9.99. The molecule has 0 saturated heterocycles. The molecule has 120 valence electrons. The number of hydrogen-bond acceptors (Lipinski definition) is 2. The van der Waals surface area contributed by atoms with Crippen molar-refractivity contribution in [2.24, 2.45) is 11.8 Å². The molecule has 0 heterocycles. The molecule has 0 aromatic heterocycles. The fraction of sp³-hybridized carbons (Fsp3) is 1.00. The lowest BCUT2D eigenvalue weighted by Gasteiger charge is -2.53. The largest absolute Gasteiger partial charge is 0.394 e. The summed E-state index contributed by atoms with van der Waals surface area (Å²) in [7, 11) is -2.15. The van der Waals surface area contributed by atoms with Crippen molar-refractivity contribution in [2.45, 2.75) is 88.1 Å². The minimum Gasteiger partial charge on any atom is -0.394 e. The zero-order valence-corrected chi connectivity index (χ0v) is 15.0. The van der Waals surface area contributed by atoms with E-state index in [9.17, 15) is 0 Å². The minimum absolute atomic E-state index is 0.475. The van der Waals surface area contributed by atoms with Gasteiger partial charge in [0, 0.05) is 23.3 Å². The molecule has 0 aromatic rings. The van der Waals surface area contributed by atoms with Gasteiger partial charge in [0.1, 0.15) is 0 Å². The first-order chi connectivity index (χ1) is 10.2. The average molecular weight is 309 g/mol. The first-order valence-electron chi connectivity index (χ1n) is 9.47. The van der Waals surface area contributed by atoms with E-state index in [-0.39, 0.29) is 0 Å². The maximum absolute atomic E-state index is 6.80. The molecule has 21 heavy (non-hydrogen) atoms. The standard InChI is InChI=1S/C18H32O2Si/c1-3-19-21(20-4-2,17-9-5-15(13-17)6-10-17)18-11-7-16(14-18)8-12-18/h15-16H,3-14H2,1-2H3. The van der Waals surface area contributed by atoms with E-state index >= 15 is 0 Å². The SMILES string of the molecule is CCO[Si](OCC)(C12CCC(CC1)C2)C12CCC(CC1)C2. The van der Waals surface area contributed by atoms with Crippen LogP contribution in [0.15, 0.2) is 0 Å². The third-order valence-corrected chi connectivity index (χ3v) is 13.2. The zero-order valence-electron chi connectivity index (χ0n) is 14.0. The molecular weight excluding hydrogens is 276 g/mol. The summed E-state index contributed by atoms with van der Waals surface area (Å²) in [6, 6.07) is 0. The Morgan fingerprint density at radius 3 is 1.38 bits per heavy atom. The van der Waals surface area contributed by atoms with Gasteiger partial charge in [0.15, 0.2) is 0 Å². The smallest absolute Gasteiger partial charge is 0.350 e. The maximum Gasteiger partial charge on any atom is 0.350 e. The second kappa shape index (κ2) is 5.07. The molecule has 0 amide bonds. The van der Waals surface area contributed by atoms with Crippen molar-refractivity contribution in [3.63, 3.8) is 0 Å². The van der Waals surface area contributed by atoms with Crippen LogP contribution < -0.4 is 0 Å². The Hall–Kier alpha value is 0.137. The van der Waals surface area contributed by atoms with Crippen molar-refractivity contribution >= 4 is 8.56 Å². The van der Waals surface area contributed by atoms with Crippen LogP contribution >= 0.6 is 0 Å². The van der Waals surface area contributed by atoms with Crippen LogP contribution in [-0.2, 0) is 8.85 Å². The Morgan fingerprint density at radius 1 is 0.762 bits per heavy atom. The molecule has 4 bridgehead atoms. The third-order valence-electron chi connectivity index (χ3n) is 7.57. The molecule has 4 saturated carbocycles. The fourth-order valence-corrected chi connectivity index (χ4v) is 13.2. The van der Waals surface area contributed by atoms with Crippen molar-refractivity contribution in [1.82, 2.24) is 0 Å². The van der Waals surface area contributed by atoms with Gasteiger partial charge in [-0.25, -0.2) is 0 Å². The Morgan fingerprint density at radius 2 is 1.14 bits per heavy atom. The molecular formula is C18H32O2Si. The van der Waals surface area contributed by atoms with Crippen LogP contribution in [0.4, 0.5) is 0 Å². The predicted octanol–water partition coefficient (Wildman–Crippen LogP) is 5.17. The molecule has 4 fully saturated rings. The van der Waals surface area contributed by atoms with E-state index < -0.39 is 8.56 Å². The molecule has 0 N–H and O–H groups in total. The van der Waals surface area contributed by atoms with Crippen LogP contribution in [0.25, 0.3) is 0 Å². The summed E-state index contributed by atoms with van der Waals surface area (Å²) in [6.07, 6.45) is 14.3. The minimum atomic E-state index is -2.15. The van der Waals surface area contributed by atoms with Crippen molar-refractivity contribution in [3.05, 3.63) is 0 Å². The molecule has 0 atom stereocenters. The lowest BCUT2D eigenvalue weighted by Crippen LogP contribution is -2.60. The molecule has 0 aromatic carbocycles. The van der Waals surface area contributed by atoms with Crippen molar-refractivity contribution in [1.29, 1.82) is 0 Å². The van der Waals surface area contributed by atoms with Crippen LogP contribution in [0.3, 0.4) is 0 Å². The molecule has 3 heteroatoms. The summed E-state index contributed by atoms with van der Waals surface area (Å²) in [5.41, 5.74) is 0. The van der Waals surface area contributed by atoms with Crippen molar-refractivity contribution < 1.29 is 8.85 Å². The second-order valence-electron chi connectivity index (χ2n) is 8.34. The molecule has 0 aliphatic heterocycles. The van der Waals surface area contributed by atoms with E-state index in [0.717, 1.165) is 25.0 Å². The highest BCUT2D eigenvalue weighted by molar-refractivity contribution is 6.74. The van der Waals surface area contributed by atoms with Crippen LogP contribution in [0, 0.1) is 11.8 Å². The van der Waals surface area contributed by atoms with E-state index in [2.05, 4.69) is 13.8 Å². The van der Waals surface area contributed by atoms with Gasteiger partial charge in [0.25, 0.3) is 0 Å². The second-order valence-corrected chi connectivity index (χ2v) is 12.3. The summed E-state index contributed by atoms with van der Waals surface area (Å²) >= 11 is 0. The highest BCUT2D eigenvalue weighted by atomic mass is 28.4. The van der Waals surface area contributed by atoms with Gasteiger partial charge in [-0.15, -0.1) is 0 Å². The third kappa shape index (κ3) is 1.83.